The predicted octanol–water partition coefficient (Wildman–Crippen LogP) is 3.45. The van der Waals surface area contributed by atoms with Crippen molar-refractivity contribution in [3.63, 3.8) is 0 Å². The molecule has 0 fully saturated rings. The van der Waals surface area contributed by atoms with Gasteiger partial charge in [0.1, 0.15) is 5.82 Å². The van der Waals surface area contributed by atoms with E-state index >= 15 is 0 Å². The van der Waals surface area contributed by atoms with Crippen molar-refractivity contribution < 1.29 is 9.18 Å². The summed E-state index contributed by atoms with van der Waals surface area (Å²) in [5.74, 6) is -0.446. The summed E-state index contributed by atoms with van der Waals surface area (Å²) >= 11 is 0. The molecule has 3 heteroatoms. The van der Waals surface area contributed by atoms with Crippen molar-refractivity contribution in [1.82, 2.24) is 4.90 Å². The summed E-state index contributed by atoms with van der Waals surface area (Å²) in [7, 11) is 1.89. The quantitative estimate of drug-likeness (QED) is 0.776. The van der Waals surface area contributed by atoms with E-state index in [0.717, 1.165) is 0 Å². The summed E-state index contributed by atoms with van der Waals surface area (Å²) in [5.41, 5.74) is 2.82. The van der Waals surface area contributed by atoms with Crippen LogP contribution in [0, 0.1) is 12.7 Å². The fraction of sp³-hybridized carbons (Fsp3) is 0.235. The number of nitrogens with zero attached hydrogens (tertiary/aromatic N) is 1. The zero-order chi connectivity index (χ0) is 14.5. The van der Waals surface area contributed by atoms with Crippen LogP contribution in [0.4, 0.5) is 4.39 Å². The van der Waals surface area contributed by atoms with Crippen molar-refractivity contribution in [3.05, 3.63) is 71.0 Å². The Hall–Kier alpha value is -2.00. The minimum absolute atomic E-state index is 0.0689. The first-order chi connectivity index (χ1) is 9.56. The SMILES string of the molecule is Cc1ccccc1CN(C)CC(=O)c1cccc(F)c1. The smallest absolute Gasteiger partial charge is 0.176 e. The summed E-state index contributed by atoms with van der Waals surface area (Å²) in [6.07, 6.45) is 0. The molecule has 0 atom stereocenters. The molecular formula is C17H18FNO. The molecule has 0 amide bonds. The Balaban J connectivity index is 2.00. The highest BCUT2D eigenvalue weighted by Crippen LogP contribution is 2.11. The average molecular weight is 271 g/mol. The highest BCUT2D eigenvalue weighted by atomic mass is 19.1. The Morgan fingerprint density at radius 1 is 1.15 bits per heavy atom. The van der Waals surface area contributed by atoms with Gasteiger partial charge in [-0.1, -0.05) is 36.4 Å². The van der Waals surface area contributed by atoms with Crippen molar-refractivity contribution in [2.24, 2.45) is 0 Å². The van der Waals surface area contributed by atoms with Crippen LogP contribution in [0.1, 0.15) is 21.5 Å². The van der Waals surface area contributed by atoms with Gasteiger partial charge in [0, 0.05) is 12.1 Å². The number of benzene rings is 2. The molecule has 0 aliphatic carbocycles. The lowest BCUT2D eigenvalue weighted by molar-refractivity contribution is 0.0942. The largest absolute Gasteiger partial charge is 0.295 e. The van der Waals surface area contributed by atoms with E-state index in [9.17, 15) is 9.18 Å². The molecule has 0 aliphatic heterocycles. The summed E-state index contributed by atoms with van der Waals surface area (Å²) in [6, 6.07) is 13.9. The third-order valence-electron chi connectivity index (χ3n) is 3.26. The van der Waals surface area contributed by atoms with E-state index in [1.807, 2.05) is 24.1 Å². The van der Waals surface area contributed by atoms with Crippen LogP contribution >= 0.6 is 0 Å². The van der Waals surface area contributed by atoms with Gasteiger partial charge in [-0.2, -0.15) is 0 Å². The van der Waals surface area contributed by atoms with Gasteiger partial charge in [0.05, 0.1) is 6.54 Å². The molecule has 0 aliphatic rings. The molecule has 0 bridgehead atoms. The summed E-state index contributed by atoms with van der Waals surface area (Å²) in [6.45, 7) is 3.03. The minimum Gasteiger partial charge on any atom is -0.295 e. The van der Waals surface area contributed by atoms with Gasteiger partial charge in [-0.05, 0) is 37.2 Å². The van der Waals surface area contributed by atoms with Crippen LogP contribution in [0.3, 0.4) is 0 Å². The van der Waals surface area contributed by atoms with Crippen molar-refractivity contribution in [1.29, 1.82) is 0 Å². The molecule has 2 nitrogen and oxygen atoms in total. The summed E-state index contributed by atoms with van der Waals surface area (Å²) in [4.78, 5) is 14.0. The lowest BCUT2D eigenvalue weighted by atomic mass is 10.1. The highest BCUT2D eigenvalue weighted by Gasteiger charge is 2.11. The molecule has 2 aromatic carbocycles. The van der Waals surface area contributed by atoms with Crippen LogP contribution in [0.2, 0.25) is 0 Å². The second kappa shape index (κ2) is 6.44. The Bertz CT molecular complexity index is 609. The number of halogens is 1. The van der Waals surface area contributed by atoms with Crippen molar-refractivity contribution in [3.8, 4) is 0 Å². The first-order valence-corrected chi connectivity index (χ1v) is 6.58. The minimum atomic E-state index is -0.377. The number of aryl methyl sites for hydroxylation is 1. The first kappa shape index (κ1) is 14.4. The van der Waals surface area contributed by atoms with Gasteiger partial charge in [-0.25, -0.2) is 4.39 Å². The van der Waals surface area contributed by atoms with Crippen LogP contribution in [0.15, 0.2) is 48.5 Å². The summed E-state index contributed by atoms with van der Waals surface area (Å²) in [5, 5.41) is 0. The van der Waals surface area contributed by atoms with Crippen LogP contribution < -0.4 is 0 Å². The van der Waals surface area contributed by atoms with E-state index in [2.05, 4.69) is 19.1 Å². The van der Waals surface area contributed by atoms with E-state index in [4.69, 9.17) is 0 Å². The van der Waals surface area contributed by atoms with Gasteiger partial charge in [0.25, 0.3) is 0 Å². The molecule has 0 saturated heterocycles. The van der Waals surface area contributed by atoms with Gasteiger partial charge in [0.15, 0.2) is 5.78 Å². The third-order valence-corrected chi connectivity index (χ3v) is 3.26. The lowest BCUT2D eigenvalue weighted by Gasteiger charge is -2.17. The number of Topliss-reactive ketones (excluding diaryl/α,β-unsaturated/α-hetero) is 1. The van der Waals surface area contributed by atoms with E-state index < -0.39 is 0 Å². The Morgan fingerprint density at radius 2 is 1.90 bits per heavy atom. The molecule has 2 aromatic rings. The molecule has 0 saturated carbocycles. The van der Waals surface area contributed by atoms with Crippen LogP contribution in [0.5, 0.6) is 0 Å². The number of carbonyl (C=O) groups is 1. The molecule has 0 aromatic heterocycles. The second-order valence-electron chi connectivity index (χ2n) is 5.03. The molecule has 104 valence electrons. The third kappa shape index (κ3) is 3.75. The maximum Gasteiger partial charge on any atom is 0.176 e. The fourth-order valence-electron chi connectivity index (χ4n) is 2.13. The molecule has 0 radical (unpaired) electrons. The lowest BCUT2D eigenvalue weighted by Crippen LogP contribution is -2.26. The maximum atomic E-state index is 13.1. The normalized spacial score (nSPS) is 10.8. The fourth-order valence-corrected chi connectivity index (χ4v) is 2.13. The van der Waals surface area contributed by atoms with Crippen LogP contribution in [-0.2, 0) is 6.54 Å². The van der Waals surface area contributed by atoms with Gasteiger partial charge >= 0.3 is 0 Å². The molecule has 0 N–H and O–H groups in total. The number of rotatable bonds is 5. The zero-order valence-electron chi connectivity index (χ0n) is 11.8. The van der Waals surface area contributed by atoms with Gasteiger partial charge in [0.2, 0.25) is 0 Å². The monoisotopic (exact) mass is 271 g/mol. The summed E-state index contributed by atoms with van der Waals surface area (Å²) < 4.78 is 13.1. The number of carbonyl (C=O) groups excluding carboxylic acids is 1. The average Bonchev–Trinajstić information content (AvgIpc) is 2.41. The topological polar surface area (TPSA) is 20.3 Å². The van der Waals surface area contributed by atoms with Crippen molar-refractivity contribution in [2.75, 3.05) is 13.6 Å². The maximum absolute atomic E-state index is 13.1. The molecule has 0 unspecified atom stereocenters. The number of likely N-dealkylation sites (N-methyl/N-ethyl adjacent to an activating group) is 1. The second-order valence-corrected chi connectivity index (χ2v) is 5.03. The van der Waals surface area contributed by atoms with Crippen molar-refractivity contribution >= 4 is 5.78 Å². The standard InChI is InChI=1S/C17H18FNO/c1-13-6-3-4-7-15(13)11-19(2)12-17(20)14-8-5-9-16(18)10-14/h3-10H,11-12H2,1-2H3. The zero-order valence-corrected chi connectivity index (χ0v) is 11.8. The number of hydrogen-bond donors (Lipinski definition) is 0. The number of hydrogen-bond acceptors (Lipinski definition) is 2. The van der Waals surface area contributed by atoms with Crippen LogP contribution in [0.25, 0.3) is 0 Å². The van der Waals surface area contributed by atoms with E-state index in [1.54, 1.807) is 12.1 Å². The molecule has 2 rings (SSSR count). The van der Waals surface area contributed by atoms with Gasteiger partial charge in [-0.3, -0.25) is 9.69 Å². The van der Waals surface area contributed by atoms with Gasteiger partial charge < -0.3 is 0 Å². The van der Waals surface area contributed by atoms with Gasteiger partial charge in [-0.15, -0.1) is 0 Å². The Labute approximate surface area is 118 Å². The Morgan fingerprint density at radius 3 is 2.60 bits per heavy atom. The number of ketones is 1. The van der Waals surface area contributed by atoms with Crippen LogP contribution in [-0.4, -0.2) is 24.3 Å². The first-order valence-electron chi connectivity index (χ1n) is 6.58. The highest BCUT2D eigenvalue weighted by molar-refractivity contribution is 5.97. The molecule has 20 heavy (non-hydrogen) atoms. The molecule has 0 heterocycles. The van der Waals surface area contributed by atoms with E-state index in [-0.39, 0.29) is 18.1 Å². The Kier molecular flexibility index (Phi) is 4.64. The molecular weight excluding hydrogens is 253 g/mol. The van der Waals surface area contributed by atoms with E-state index in [0.29, 0.717) is 12.1 Å². The predicted molar refractivity (Wildman–Crippen MR) is 78.2 cm³/mol. The molecule has 0 spiro atoms. The van der Waals surface area contributed by atoms with Crippen molar-refractivity contribution in [2.45, 2.75) is 13.5 Å². The van der Waals surface area contributed by atoms with E-state index in [1.165, 1.54) is 23.3 Å².